The monoisotopic (exact) mass is 228 g/mol. The predicted molar refractivity (Wildman–Crippen MR) is 60.4 cm³/mol. The zero-order valence-corrected chi connectivity index (χ0v) is 9.66. The second-order valence-corrected chi connectivity index (χ2v) is 3.99. The minimum Gasteiger partial charge on any atom is -0.388 e. The zero-order valence-electron chi connectivity index (χ0n) is 9.66. The van der Waals surface area contributed by atoms with Crippen LogP contribution in [0, 0.1) is 5.92 Å². The lowest BCUT2D eigenvalue weighted by Gasteiger charge is -2.20. The summed E-state index contributed by atoms with van der Waals surface area (Å²) in [7, 11) is 0. The third-order valence-corrected chi connectivity index (χ3v) is 3.00. The maximum atomic E-state index is 12.5. The number of hydrogen-bond donors (Lipinski definition) is 1. The van der Waals surface area contributed by atoms with Crippen LogP contribution >= 0.6 is 0 Å². The van der Waals surface area contributed by atoms with Crippen molar-refractivity contribution in [1.29, 1.82) is 0 Å². The van der Waals surface area contributed by atoms with Crippen LogP contribution in [0.3, 0.4) is 0 Å². The third-order valence-electron chi connectivity index (χ3n) is 3.00. The highest BCUT2D eigenvalue weighted by atomic mass is 19.3. The average Bonchev–Trinajstić information content (AvgIpc) is 2.30. The topological polar surface area (TPSA) is 20.2 Å². The molecule has 0 amide bonds. The molecule has 1 atom stereocenters. The van der Waals surface area contributed by atoms with E-state index in [0.29, 0.717) is 5.56 Å². The molecule has 0 spiro atoms. The molecule has 0 saturated heterocycles. The summed E-state index contributed by atoms with van der Waals surface area (Å²) in [5.41, 5.74) is 0.564. The minimum absolute atomic E-state index is 0.0255. The molecule has 0 radical (unpaired) electrons. The van der Waals surface area contributed by atoms with E-state index in [1.165, 1.54) is 12.1 Å². The Morgan fingerprint density at radius 1 is 1.12 bits per heavy atom. The molecular formula is C13H18F2O. The van der Waals surface area contributed by atoms with Gasteiger partial charge in [-0.25, -0.2) is 8.78 Å². The van der Waals surface area contributed by atoms with E-state index in [1.54, 1.807) is 12.1 Å². The first-order valence-electron chi connectivity index (χ1n) is 5.66. The number of aliphatic hydroxyl groups excluding tert-OH is 1. The fourth-order valence-corrected chi connectivity index (χ4v) is 1.89. The van der Waals surface area contributed by atoms with Gasteiger partial charge in [0.15, 0.2) is 0 Å². The molecule has 1 N–H and O–H groups in total. The Kier molecular flexibility index (Phi) is 4.87. The van der Waals surface area contributed by atoms with Crippen molar-refractivity contribution in [3.8, 4) is 0 Å². The third kappa shape index (κ3) is 3.01. The van der Waals surface area contributed by atoms with E-state index in [0.717, 1.165) is 12.8 Å². The van der Waals surface area contributed by atoms with E-state index in [2.05, 4.69) is 0 Å². The normalized spacial score (nSPS) is 13.4. The van der Waals surface area contributed by atoms with Crippen molar-refractivity contribution in [3.63, 3.8) is 0 Å². The van der Waals surface area contributed by atoms with Crippen molar-refractivity contribution >= 4 is 0 Å². The van der Waals surface area contributed by atoms with Gasteiger partial charge in [0.1, 0.15) is 0 Å². The first kappa shape index (κ1) is 13.1. The van der Waals surface area contributed by atoms with Crippen molar-refractivity contribution in [2.24, 2.45) is 5.92 Å². The van der Waals surface area contributed by atoms with Crippen LogP contribution in [0.5, 0.6) is 0 Å². The second-order valence-electron chi connectivity index (χ2n) is 3.99. The Hall–Kier alpha value is -0.960. The van der Waals surface area contributed by atoms with Gasteiger partial charge < -0.3 is 5.11 Å². The van der Waals surface area contributed by atoms with Gasteiger partial charge in [-0.15, -0.1) is 0 Å². The highest BCUT2D eigenvalue weighted by molar-refractivity contribution is 5.26. The van der Waals surface area contributed by atoms with Gasteiger partial charge in [-0.2, -0.15) is 0 Å². The van der Waals surface area contributed by atoms with Crippen LogP contribution in [-0.4, -0.2) is 5.11 Å². The summed E-state index contributed by atoms with van der Waals surface area (Å²) in [5.74, 6) is 0.132. The van der Waals surface area contributed by atoms with Crippen molar-refractivity contribution in [2.45, 2.75) is 39.2 Å². The van der Waals surface area contributed by atoms with Crippen molar-refractivity contribution in [2.75, 3.05) is 0 Å². The van der Waals surface area contributed by atoms with Crippen LogP contribution in [0.25, 0.3) is 0 Å². The maximum Gasteiger partial charge on any atom is 0.263 e. The van der Waals surface area contributed by atoms with Gasteiger partial charge in [-0.3, -0.25) is 0 Å². The molecule has 1 aromatic carbocycles. The molecule has 90 valence electrons. The van der Waals surface area contributed by atoms with E-state index in [-0.39, 0.29) is 11.5 Å². The first-order chi connectivity index (χ1) is 7.60. The van der Waals surface area contributed by atoms with Crippen LogP contribution in [0.2, 0.25) is 0 Å². The Labute approximate surface area is 95.1 Å². The Morgan fingerprint density at radius 2 is 1.69 bits per heavy atom. The van der Waals surface area contributed by atoms with Crippen molar-refractivity contribution in [3.05, 3.63) is 35.4 Å². The van der Waals surface area contributed by atoms with Gasteiger partial charge in [0.2, 0.25) is 0 Å². The van der Waals surface area contributed by atoms with Gasteiger partial charge in [-0.05, 0) is 17.5 Å². The highest BCUT2D eigenvalue weighted by Gasteiger charge is 2.18. The lowest BCUT2D eigenvalue weighted by Crippen LogP contribution is -2.11. The van der Waals surface area contributed by atoms with E-state index >= 15 is 0 Å². The van der Waals surface area contributed by atoms with Crippen LogP contribution in [-0.2, 0) is 0 Å². The quantitative estimate of drug-likeness (QED) is 0.804. The Morgan fingerprint density at radius 3 is 2.19 bits per heavy atom. The summed E-state index contributed by atoms with van der Waals surface area (Å²) in [5, 5.41) is 10.0. The van der Waals surface area contributed by atoms with E-state index in [4.69, 9.17) is 0 Å². The number of alkyl halides is 2. The molecule has 0 aliphatic heterocycles. The summed E-state index contributed by atoms with van der Waals surface area (Å²) in [4.78, 5) is 0. The predicted octanol–water partition coefficient (Wildman–Crippen LogP) is 4.09. The molecule has 16 heavy (non-hydrogen) atoms. The van der Waals surface area contributed by atoms with Gasteiger partial charge in [-0.1, -0.05) is 44.9 Å². The summed E-state index contributed by atoms with van der Waals surface area (Å²) in [6.45, 7) is 3.99. The van der Waals surface area contributed by atoms with E-state index in [1.807, 2.05) is 13.8 Å². The number of aliphatic hydroxyl groups is 1. The second kappa shape index (κ2) is 5.94. The number of hydrogen-bond acceptors (Lipinski definition) is 1. The molecule has 1 rings (SSSR count). The molecule has 0 heterocycles. The summed E-state index contributed by atoms with van der Waals surface area (Å²) in [6, 6.07) is 6.05. The maximum absolute atomic E-state index is 12.5. The molecule has 0 bridgehead atoms. The molecule has 0 aliphatic carbocycles. The molecule has 1 aromatic rings. The van der Waals surface area contributed by atoms with Gasteiger partial charge in [0.25, 0.3) is 6.43 Å². The van der Waals surface area contributed by atoms with Crippen LogP contribution < -0.4 is 0 Å². The smallest absolute Gasteiger partial charge is 0.263 e. The first-order valence-corrected chi connectivity index (χ1v) is 5.66. The van der Waals surface area contributed by atoms with Crippen molar-refractivity contribution in [1.82, 2.24) is 0 Å². The fraction of sp³-hybridized carbons (Fsp3) is 0.538. The molecule has 1 nitrogen and oxygen atoms in total. The molecule has 0 fully saturated rings. The molecule has 0 aromatic heterocycles. The summed E-state index contributed by atoms with van der Waals surface area (Å²) < 4.78 is 25.0. The highest BCUT2D eigenvalue weighted by Crippen LogP contribution is 2.29. The SMILES string of the molecule is CCC(CC)C(O)c1cccc(C(F)F)c1. The van der Waals surface area contributed by atoms with E-state index in [9.17, 15) is 13.9 Å². The number of halogens is 2. The molecule has 1 unspecified atom stereocenters. The number of benzene rings is 1. The van der Waals surface area contributed by atoms with Crippen LogP contribution in [0.1, 0.15) is 50.3 Å². The summed E-state index contributed by atoms with van der Waals surface area (Å²) >= 11 is 0. The van der Waals surface area contributed by atoms with Crippen molar-refractivity contribution < 1.29 is 13.9 Å². The zero-order chi connectivity index (χ0) is 12.1. The van der Waals surface area contributed by atoms with Gasteiger partial charge in [0, 0.05) is 5.56 Å². The van der Waals surface area contributed by atoms with Crippen LogP contribution in [0.4, 0.5) is 8.78 Å². The van der Waals surface area contributed by atoms with Crippen LogP contribution in [0.15, 0.2) is 24.3 Å². The van der Waals surface area contributed by atoms with Gasteiger partial charge in [0.05, 0.1) is 6.10 Å². The van der Waals surface area contributed by atoms with E-state index < -0.39 is 12.5 Å². The Bertz CT molecular complexity index is 321. The molecular weight excluding hydrogens is 210 g/mol. The minimum atomic E-state index is -2.48. The lowest BCUT2D eigenvalue weighted by molar-refractivity contribution is 0.102. The largest absolute Gasteiger partial charge is 0.388 e. The van der Waals surface area contributed by atoms with Gasteiger partial charge >= 0.3 is 0 Å². The lowest BCUT2D eigenvalue weighted by atomic mass is 9.91. The molecule has 3 heteroatoms. The standard InChI is InChI=1S/C13H18F2O/c1-3-9(4-2)12(16)10-6-5-7-11(8-10)13(14)15/h5-9,12-13,16H,3-4H2,1-2H3. The summed E-state index contributed by atoms with van der Waals surface area (Å²) in [6.07, 6.45) is -1.43. The fourth-order valence-electron chi connectivity index (χ4n) is 1.89. The average molecular weight is 228 g/mol. The molecule has 0 saturated carbocycles. The number of rotatable bonds is 5. The molecule has 0 aliphatic rings. The Balaban J connectivity index is 2.90.